The molecule has 0 aliphatic carbocycles. The lowest BCUT2D eigenvalue weighted by atomic mass is 9.94. The summed E-state index contributed by atoms with van der Waals surface area (Å²) in [7, 11) is -10.3. The quantitative estimate of drug-likeness (QED) is 0.282. The van der Waals surface area contributed by atoms with Crippen LogP contribution in [0.2, 0.25) is 0 Å². The molecule has 14 heteroatoms. The standard InChI is InChI=1S/C6H12O12P2/c7-3-1-16-19(12,13)18-20(14,15)17-2-6(11,4(3)8)5(9)10/h3-4,7-8,11H,1-2H2,(H,9,10)(H,12,13)(H,14,15)/t3-,4+,6-/m1/s1. The lowest BCUT2D eigenvalue weighted by molar-refractivity contribution is -0.191. The number of hydrogen-bond donors (Lipinski definition) is 6. The number of carboxylic acids is 1. The maximum Gasteiger partial charge on any atom is 0.481 e. The maximum atomic E-state index is 11.2. The lowest BCUT2D eigenvalue weighted by Crippen LogP contribution is -2.58. The monoisotopic (exact) mass is 338 g/mol. The van der Waals surface area contributed by atoms with Crippen molar-refractivity contribution in [2.75, 3.05) is 13.2 Å². The number of carboxylic acid groups (broad SMARTS) is 1. The van der Waals surface area contributed by atoms with Gasteiger partial charge in [-0.15, -0.1) is 0 Å². The van der Waals surface area contributed by atoms with Gasteiger partial charge in [0, 0.05) is 0 Å². The molecule has 1 saturated heterocycles. The van der Waals surface area contributed by atoms with E-state index < -0.39 is 52.6 Å². The molecule has 1 fully saturated rings. The molecule has 0 aromatic carbocycles. The van der Waals surface area contributed by atoms with Crippen LogP contribution in [0, 0.1) is 0 Å². The van der Waals surface area contributed by atoms with E-state index in [9.17, 15) is 29.2 Å². The third-order valence-corrected chi connectivity index (χ3v) is 4.87. The van der Waals surface area contributed by atoms with Crippen LogP contribution in [-0.2, 0) is 27.3 Å². The highest BCUT2D eigenvalue weighted by molar-refractivity contribution is 7.61. The number of phosphoric acid groups is 2. The van der Waals surface area contributed by atoms with E-state index in [0.717, 1.165) is 0 Å². The van der Waals surface area contributed by atoms with Gasteiger partial charge in [-0.2, -0.15) is 4.31 Å². The maximum absolute atomic E-state index is 11.2. The van der Waals surface area contributed by atoms with Crippen molar-refractivity contribution in [1.29, 1.82) is 0 Å². The summed E-state index contributed by atoms with van der Waals surface area (Å²) < 4.78 is 34.2. The van der Waals surface area contributed by atoms with Gasteiger partial charge in [-0.25, -0.2) is 13.9 Å². The SMILES string of the molecule is O=C(O)[C@@]1(O)COP(=O)(O)OP(=O)(O)OC[C@@H](O)[C@@H]1O. The Morgan fingerprint density at radius 3 is 2.15 bits per heavy atom. The fraction of sp³-hybridized carbons (Fsp3) is 0.833. The van der Waals surface area contributed by atoms with Gasteiger partial charge in [0.1, 0.15) is 18.8 Å². The van der Waals surface area contributed by atoms with Gasteiger partial charge in [-0.05, 0) is 0 Å². The first-order valence-electron chi connectivity index (χ1n) is 4.87. The van der Waals surface area contributed by atoms with Gasteiger partial charge in [0.25, 0.3) is 0 Å². The highest BCUT2D eigenvalue weighted by atomic mass is 31.3. The third kappa shape index (κ3) is 4.06. The number of carbonyl (C=O) groups is 1. The summed E-state index contributed by atoms with van der Waals surface area (Å²) in [4.78, 5) is 28.9. The van der Waals surface area contributed by atoms with Crippen LogP contribution in [0.1, 0.15) is 0 Å². The highest BCUT2D eigenvalue weighted by Crippen LogP contribution is 2.61. The van der Waals surface area contributed by atoms with E-state index in [4.69, 9.17) is 14.9 Å². The molecule has 1 aliphatic heterocycles. The lowest BCUT2D eigenvalue weighted by Gasteiger charge is -2.33. The topological polar surface area (TPSA) is 200 Å². The van der Waals surface area contributed by atoms with E-state index in [0.29, 0.717) is 0 Å². The minimum Gasteiger partial charge on any atom is -0.479 e. The molecular formula is C6H12O12P2. The van der Waals surface area contributed by atoms with Crippen LogP contribution < -0.4 is 0 Å². The molecule has 0 spiro atoms. The fourth-order valence-electron chi connectivity index (χ4n) is 1.21. The summed E-state index contributed by atoms with van der Waals surface area (Å²) in [5.74, 6) is -2.07. The average Bonchev–Trinajstić information content (AvgIpc) is 2.29. The van der Waals surface area contributed by atoms with E-state index in [2.05, 4.69) is 13.4 Å². The molecule has 20 heavy (non-hydrogen) atoms. The number of phosphoric ester groups is 2. The zero-order chi connectivity index (χ0) is 15.8. The zero-order valence-corrected chi connectivity index (χ0v) is 11.4. The van der Waals surface area contributed by atoms with Crippen LogP contribution in [0.15, 0.2) is 0 Å². The molecule has 0 amide bonds. The van der Waals surface area contributed by atoms with Crippen molar-refractivity contribution in [3.8, 4) is 0 Å². The van der Waals surface area contributed by atoms with Crippen molar-refractivity contribution < 1.29 is 57.5 Å². The van der Waals surface area contributed by atoms with E-state index in [-0.39, 0.29) is 0 Å². The van der Waals surface area contributed by atoms with Crippen LogP contribution in [0.5, 0.6) is 0 Å². The molecule has 0 saturated carbocycles. The molecule has 0 aromatic heterocycles. The first-order valence-corrected chi connectivity index (χ1v) is 7.87. The Labute approximate surface area is 111 Å². The fourth-order valence-corrected chi connectivity index (χ4v) is 3.33. The van der Waals surface area contributed by atoms with Gasteiger partial charge in [0.15, 0.2) is 0 Å². The number of hydrogen-bond acceptors (Lipinski definition) is 9. The minimum atomic E-state index is -5.25. The molecule has 6 N–H and O–H groups in total. The summed E-state index contributed by atoms with van der Waals surface area (Å²) in [6.45, 7) is -2.64. The van der Waals surface area contributed by atoms with Gasteiger partial charge in [0.2, 0.25) is 5.60 Å². The Morgan fingerprint density at radius 1 is 1.15 bits per heavy atom. The van der Waals surface area contributed by atoms with E-state index in [1.54, 1.807) is 0 Å². The predicted molar refractivity (Wildman–Crippen MR) is 57.2 cm³/mol. The highest BCUT2D eigenvalue weighted by Gasteiger charge is 2.51. The number of aliphatic carboxylic acids is 1. The van der Waals surface area contributed by atoms with Crippen molar-refractivity contribution in [3.05, 3.63) is 0 Å². The van der Waals surface area contributed by atoms with Crippen LogP contribution in [0.3, 0.4) is 0 Å². The summed E-state index contributed by atoms with van der Waals surface area (Å²) in [6.07, 6.45) is -4.54. The Kier molecular flexibility index (Phi) is 5.10. The second-order valence-corrected chi connectivity index (χ2v) is 6.87. The second kappa shape index (κ2) is 5.78. The van der Waals surface area contributed by atoms with Gasteiger partial charge >= 0.3 is 21.6 Å². The van der Waals surface area contributed by atoms with Crippen molar-refractivity contribution in [3.63, 3.8) is 0 Å². The van der Waals surface area contributed by atoms with Crippen molar-refractivity contribution in [2.45, 2.75) is 17.8 Å². The second-order valence-electron chi connectivity index (χ2n) is 3.83. The molecule has 12 nitrogen and oxygen atoms in total. The van der Waals surface area contributed by atoms with Crippen LogP contribution in [-0.4, -0.2) is 67.2 Å². The molecule has 0 bridgehead atoms. The molecule has 118 valence electrons. The molecule has 1 rings (SSSR count). The summed E-state index contributed by atoms with van der Waals surface area (Å²) in [5.41, 5.74) is -3.17. The summed E-state index contributed by atoms with van der Waals surface area (Å²) >= 11 is 0. The Hall–Kier alpha value is -0.390. The largest absolute Gasteiger partial charge is 0.481 e. The number of aliphatic hydroxyl groups excluding tert-OH is 2. The molecule has 1 aliphatic rings. The van der Waals surface area contributed by atoms with Crippen molar-refractivity contribution in [1.82, 2.24) is 0 Å². The first kappa shape index (κ1) is 17.7. The number of rotatable bonds is 1. The molecule has 0 radical (unpaired) electrons. The van der Waals surface area contributed by atoms with Gasteiger partial charge in [0.05, 0.1) is 6.61 Å². The average molecular weight is 338 g/mol. The van der Waals surface area contributed by atoms with E-state index in [1.165, 1.54) is 0 Å². The smallest absolute Gasteiger partial charge is 0.479 e. The normalized spacial score (nSPS) is 47.6. The molecular weight excluding hydrogens is 326 g/mol. The minimum absolute atomic E-state index is 1.15. The van der Waals surface area contributed by atoms with Gasteiger partial charge < -0.3 is 30.2 Å². The van der Waals surface area contributed by atoms with Crippen LogP contribution in [0.25, 0.3) is 0 Å². The predicted octanol–water partition coefficient (Wildman–Crippen LogP) is -2.21. The van der Waals surface area contributed by atoms with Crippen molar-refractivity contribution in [2.24, 2.45) is 0 Å². The van der Waals surface area contributed by atoms with E-state index in [1.807, 2.05) is 0 Å². The zero-order valence-electron chi connectivity index (χ0n) is 9.60. The Bertz CT molecular complexity index is 477. The summed E-state index contributed by atoms with van der Waals surface area (Å²) in [5, 5.41) is 37.3. The Morgan fingerprint density at radius 2 is 1.65 bits per heavy atom. The number of aliphatic hydroxyl groups is 3. The van der Waals surface area contributed by atoms with Gasteiger partial charge in [-0.3, -0.25) is 9.05 Å². The van der Waals surface area contributed by atoms with Crippen molar-refractivity contribution >= 4 is 21.6 Å². The molecule has 2 unspecified atom stereocenters. The van der Waals surface area contributed by atoms with E-state index >= 15 is 0 Å². The van der Waals surface area contributed by atoms with Gasteiger partial charge in [-0.1, -0.05) is 0 Å². The van der Waals surface area contributed by atoms with Crippen LogP contribution in [0.4, 0.5) is 0 Å². The molecule has 0 aromatic rings. The van der Waals surface area contributed by atoms with Crippen LogP contribution >= 0.6 is 15.6 Å². The first-order chi connectivity index (χ1) is 8.90. The summed E-state index contributed by atoms with van der Waals surface area (Å²) in [6, 6.07) is 0. The molecule has 5 atom stereocenters. The molecule has 1 heterocycles. The third-order valence-electron chi connectivity index (χ3n) is 2.29. The Balaban J connectivity index is 3.12.